The van der Waals surface area contributed by atoms with Gasteiger partial charge in [0.25, 0.3) is 0 Å². The first-order valence-corrected chi connectivity index (χ1v) is 5.97. The smallest absolute Gasteiger partial charge is 0.165 e. The topological polar surface area (TPSA) is 35.2 Å². The predicted octanol–water partition coefficient (Wildman–Crippen LogP) is 3.89. The third kappa shape index (κ3) is 2.98. The lowest BCUT2D eigenvalue weighted by atomic mass is 10.2. The van der Waals surface area contributed by atoms with Gasteiger partial charge in [-0.2, -0.15) is 0 Å². The van der Waals surface area contributed by atoms with Crippen molar-refractivity contribution in [1.29, 1.82) is 0 Å². The maximum atomic E-state index is 13.4. The minimum Gasteiger partial charge on any atom is -0.486 e. The molecule has 18 heavy (non-hydrogen) atoms. The molecule has 0 fully saturated rings. The predicted molar refractivity (Wildman–Crippen MR) is 69.2 cm³/mol. The highest BCUT2D eigenvalue weighted by Gasteiger charge is 2.05. The Balaban J connectivity index is 2.11. The van der Waals surface area contributed by atoms with Crippen LogP contribution in [0.25, 0.3) is 0 Å². The highest BCUT2D eigenvalue weighted by atomic mass is 79.9. The summed E-state index contributed by atoms with van der Waals surface area (Å²) in [6.07, 6.45) is 0. The third-order valence-electron chi connectivity index (χ3n) is 2.35. The van der Waals surface area contributed by atoms with Gasteiger partial charge < -0.3 is 10.5 Å². The molecule has 0 unspecified atom stereocenters. The average Bonchev–Trinajstić information content (AvgIpc) is 2.34. The first kappa shape index (κ1) is 12.8. The second kappa shape index (κ2) is 5.35. The Morgan fingerprint density at radius 2 is 1.83 bits per heavy atom. The molecule has 2 rings (SSSR count). The summed E-state index contributed by atoms with van der Waals surface area (Å²) in [6.45, 7) is 0.0740. The van der Waals surface area contributed by atoms with Gasteiger partial charge in [-0.3, -0.25) is 0 Å². The monoisotopic (exact) mass is 313 g/mol. The number of nitrogens with two attached hydrogens (primary N) is 1. The Labute approximate surface area is 112 Å². The van der Waals surface area contributed by atoms with Crippen LogP contribution >= 0.6 is 15.9 Å². The van der Waals surface area contributed by atoms with Gasteiger partial charge in [0.1, 0.15) is 12.4 Å². The number of hydrogen-bond acceptors (Lipinski definition) is 2. The van der Waals surface area contributed by atoms with Crippen LogP contribution in [0.5, 0.6) is 5.75 Å². The number of halogens is 3. The van der Waals surface area contributed by atoms with Crippen LogP contribution in [0.2, 0.25) is 0 Å². The zero-order valence-electron chi connectivity index (χ0n) is 9.29. The van der Waals surface area contributed by atoms with Crippen molar-refractivity contribution >= 4 is 21.6 Å². The number of benzene rings is 2. The van der Waals surface area contributed by atoms with E-state index in [0.29, 0.717) is 10.0 Å². The van der Waals surface area contributed by atoms with E-state index < -0.39 is 11.6 Å². The largest absolute Gasteiger partial charge is 0.486 e. The normalized spacial score (nSPS) is 10.4. The van der Waals surface area contributed by atoms with Crippen LogP contribution in [0.3, 0.4) is 0 Å². The summed E-state index contributed by atoms with van der Waals surface area (Å²) in [4.78, 5) is 0. The quantitative estimate of drug-likeness (QED) is 0.873. The van der Waals surface area contributed by atoms with Crippen LogP contribution in [-0.2, 0) is 6.61 Å². The van der Waals surface area contributed by atoms with Crippen molar-refractivity contribution in [2.45, 2.75) is 6.61 Å². The van der Waals surface area contributed by atoms with E-state index in [0.717, 1.165) is 0 Å². The molecule has 0 aliphatic rings. The molecule has 0 spiro atoms. The maximum Gasteiger partial charge on any atom is 0.165 e. The second-order valence-corrected chi connectivity index (χ2v) is 4.63. The summed E-state index contributed by atoms with van der Waals surface area (Å²) in [6, 6.07) is 8.74. The van der Waals surface area contributed by atoms with Crippen LogP contribution in [0.4, 0.5) is 14.5 Å². The van der Waals surface area contributed by atoms with E-state index in [1.807, 2.05) is 0 Å². The zero-order chi connectivity index (χ0) is 13.1. The number of ether oxygens (including phenoxy) is 1. The van der Waals surface area contributed by atoms with Gasteiger partial charge in [-0.15, -0.1) is 0 Å². The van der Waals surface area contributed by atoms with Crippen molar-refractivity contribution in [3.63, 3.8) is 0 Å². The van der Waals surface area contributed by atoms with E-state index >= 15 is 0 Å². The molecule has 0 atom stereocenters. The Kier molecular flexibility index (Phi) is 3.81. The summed E-state index contributed by atoms with van der Waals surface area (Å²) in [5, 5.41) is 0. The molecule has 5 heteroatoms. The van der Waals surface area contributed by atoms with E-state index in [2.05, 4.69) is 15.9 Å². The van der Waals surface area contributed by atoms with Crippen LogP contribution in [-0.4, -0.2) is 0 Å². The molecule has 94 valence electrons. The molecule has 0 radical (unpaired) electrons. The number of anilines is 1. The minimum absolute atomic E-state index is 0.0740. The van der Waals surface area contributed by atoms with Gasteiger partial charge in [-0.05, 0) is 35.9 Å². The van der Waals surface area contributed by atoms with E-state index in [9.17, 15) is 8.78 Å². The summed E-state index contributed by atoms with van der Waals surface area (Å²) < 4.78 is 32.6. The molecule has 2 aromatic carbocycles. The van der Waals surface area contributed by atoms with E-state index in [1.54, 1.807) is 12.1 Å². The van der Waals surface area contributed by atoms with E-state index in [4.69, 9.17) is 10.5 Å². The van der Waals surface area contributed by atoms with Gasteiger partial charge >= 0.3 is 0 Å². The minimum atomic E-state index is -0.509. The fourth-order valence-electron chi connectivity index (χ4n) is 1.41. The van der Waals surface area contributed by atoms with Gasteiger partial charge in [0.2, 0.25) is 0 Å². The standard InChI is InChI=1S/C13H10BrF2NO/c14-9-2-3-10(15)13(6-9)18-7-8-1-4-12(17)11(16)5-8/h1-6H,7,17H2. The van der Waals surface area contributed by atoms with E-state index in [1.165, 1.54) is 24.3 Å². The van der Waals surface area contributed by atoms with Crippen LogP contribution in [0.15, 0.2) is 40.9 Å². The van der Waals surface area contributed by atoms with Crippen molar-refractivity contribution in [3.05, 3.63) is 58.1 Å². The molecule has 0 aliphatic heterocycles. The van der Waals surface area contributed by atoms with Gasteiger partial charge in [-0.1, -0.05) is 22.0 Å². The van der Waals surface area contributed by atoms with Crippen LogP contribution in [0, 0.1) is 11.6 Å². The van der Waals surface area contributed by atoms with Crippen molar-refractivity contribution < 1.29 is 13.5 Å². The van der Waals surface area contributed by atoms with Gasteiger partial charge in [0, 0.05) is 4.47 Å². The van der Waals surface area contributed by atoms with E-state index in [-0.39, 0.29) is 18.0 Å². The van der Waals surface area contributed by atoms with Crippen LogP contribution in [0.1, 0.15) is 5.56 Å². The molecule has 0 saturated carbocycles. The Bertz CT molecular complexity index is 575. The molecule has 2 aromatic rings. The maximum absolute atomic E-state index is 13.4. The molecule has 2 N–H and O–H groups in total. The van der Waals surface area contributed by atoms with Crippen LogP contribution < -0.4 is 10.5 Å². The first-order valence-electron chi connectivity index (χ1n) is 5.18. The fraction of sp³-hybridized carbons (Fsp3) is 0.0769. The molecule has 0 heterocycles. The number of hydrogen-bond donors (Lipinski definition) is 1. The Morgan fingerprint density at radius 1 is 1.06 bits per heavy atom. The van der Waals surface area contributed by atoms with Crippen molar-refractivity contribution in [1.82, 2.24) is 0 Å². The molecular weight excluding hydrogens is 304 g/mol. The number of nitrogen functional groups attached to an aromatic ring is 1. The lowest BCUT2D eigenvalue weighted by molar-refractivity contribution is 0.289. The van der Waals surface area contributed by atoms with Crippen molar-refractivity contribution in [2.24, 2.45) is 0 Å². The average molecular weight is 314 g/mol. The Hall–Kier alpha value is -1.62. The Morgan fingerprint density at radius 3 is 2.56 bits per heavy atom. The zero-order valence-corrected chi connectivity index (χ0v) is 10.9. The molecule has 0 aliphatic carbocycles. The van der Waals surface area contributed by atoms with Gasteiger partial charge in [-0.25, -0.2) is 8.78 Å². The molecule has 0 bridgehead atoms. The molecule has 0 aromatic heterocycles. The van der Waals surface area contributed by atoms with Gasteiger partial charge in [0.05, 0.1) is 5.69 Å². The van der Waals surface area contributed by atoms with Crippen molar-refractivity contribution in [2.75, 3.05) is 5.73 Å². The lowest BCUT2D eigenvalue weighted by Gasteiger charge is -2.08. The summed E-state index contributed by atoms with van der Waals surface area (Å²) in [7, 11) is 0. The molecule has 2 nitrogen and oxygen atoms in total. The molecular formula is C13H10BrF2NO. The number of rotatable bonds is 3. The highest BCUT2D eigenvalue weighted by Crippen LogP contribution is 2.23. The highest BCUT2D eigenvalue weighted by molar-refractivity contribution is 9.10. The van der Waals surface area contributed by atoms with Gasteiger partial charge in [0.15, 0.2) is 11.6 Å². The summed E-state index contributed by atoms with van der Waals surface area (Å²) in [5.74, 6) is -0.860. The summed E-state index contributed by atoms with van der Waals surface area (Å²) in [5.41, 5.74) is 6.02. The van der Waals surface area contributed by atoms with Crippen molar-refractivity contribution in [3.8, 4) is 5.75 Å². The summed E-state index contributed by atoms with van der Waals surface area (Å²) >= 11 is 3.22. The first-order chi connectivity index (χ1) is 8.56. The molecule has 0 amide bonds. The second-order valence-electron chi connectivity index (χ2n) is 3.72. The third-order valence-corrected chi connectivity index (χ3v) is 2.85. The lowest BCUT2D eigenvalue weighted by Crippen LogP contribution is -1.99. The fourth-order valence-corrected chi connectivity index (χ4v) is 1.75. The molecule has 0 saturated heterocycles. The SMILES string of the molecule is Nc1ccc(COc2cc(Br)ccc2F)cc1F.